The van der Waals surface area contributed by atoms with Gasteiger partial charge in [-0.25, -0.2) is 9.69 Å². The van der Waals surface area contributed by atoms with Crippen LogP contribution in [-0.4, -0.2) is 24.4 Å². The van der Waals surface area contributed by atoms with Gasteiger partial charge in [-0.2, -0.15) is 0 Å². The van der Waals surface area contributed by atoms with E-state index in [1.807, 2.05) is 6.92 Å². The first-order chi connectivity index (χ1) is 13.4. The van der Waals surface area contributed by atoms with Crippen molar-refractivity contribution in [3.63, 3.8) is 0 Å². The zero-order valence-corrected chi connectivity index (χ0v) is 17.2. The number of halogens is 2. The molecule has 1 heterocycles. The molecule has 0 unspecified atom stereocenters. The van der Waals surface area contributed by atoms with Crippen LogP contribution in [0.5, 0.6) is 0 Å². The molecule has 0 radical (unpaired) electrons. The Morgan fingerprint density at radius 2 is 1.71 bits per heavy atom. The lowest BCUT2D eigenvalue weighted by Gasteiger charge is -2.15. The lowest BCUT2D eigenvalue weighted by atomic mass is 10.2. The van der Waals surface area contributed by atoms with Crippen molar-refractivity contribution in [1.29, 1.82) is 0 Å². The summed E-state index contributed by atoms with van der Waals surface area (Å²) >= 11 is 9.44. The summed E-state index contributed by atoms with van der Waals surface area (Å²) in [5.41, 5.74) is 1.27. The Hall–Kier alpha value is -2.64. The molecule has 1 aliphatic rings. The van der Waals surface area contributed by atoms with Gasteiger partial charge in [-0.1, -0.05) is 34.5 Å². The van der Waals surface area contributed by atoms with E-state index in [0.29, 0.717) is 23.5 Å². The average Bonchev–Trinajstić information content (AvgIpc) is 2.91. The molecule has 2 amide bonds. The Bertz CT molecular complexity index is 955. The molecule has 0 saturated heterocycles. The first kappa shape index (κ1) is 20.1. The molecular weight excluding hydrogens is 448 g/mol. The van der Waals surface area contributed by atoms with Crippen LogP contribution in [0.15, 0.2) is 63.7 Å². The highest BCUT2D eigenvalue weighted by Crippen LogP contribution is 2.30. The van der Waals surface area contributed by atoms with Crippen LogP contribution in [0.3, 0.4) is 0 Å². The van der Waals surface area contributed by atoms with Crippen molar-refractivity contribution >= 4 is 56.7 Å². The van der Waals surface area contributed by atoms with Crippen molar-refractivity contribution in [2.75, 3.05) is 16.8 Å². The Morgan fingerprint density at radius 1 is 1.07 bits per heavy atom. The summed E-state index contributed by atoms with van der Waals surface area (Å²) in [6.45, 7) is 2.23. The number of ether oxygens (including phenoxy) is 1. The highest BCUT2D eigenvalue weighted by Gasteiger charge is 2.39. The lowest BCUT2D eigenvalue weighted by molar-refractivity contribution is -0.120. The van der Waals surface area contributed by atoms with Crippen LogP contribution < -0.4 is 10.2 Å². The minimum absolute atomic E-state index is 0.000390. The fourth-order valence-electron chi connectivity index (χ4n) is 2.55. The fraction of sp³-hybridized carbons (Fsp3) is 0.150. The second-order valence-electron chi connectivity index (χ2n) is 5.95. The Kier molecular flexibility index (Phi) is 6.16. The SMILES string of the molecule is CCCOC(=O)c1ccc(N2C(=O)C(Cl)=C(Nc3ccc(Br)cc3)C2=O)cc1. The van der Waals surface area contributed by atoms with Crippen molar-refractivity contribution in [1.82, 2.24) is 0 Å². The maximum atomic E-state index is 12.8. The Morgan fingerprint density at radius 3 is 2.32 bits per heavy atom. The summed E-state index contributed by atoms with van der Waals surface area (Å²) in [4.78, 5) is 38.1. The number of anilines is 2. The molecule has 0 atom stereocenters. The number of rotatable bonds is 6. The van der Waals surface area contributed by atoms with E-state index in [0.717, 1.165) is 15.8 Å². The number of esters is 1. The standard InChI is InChI=1S/C20H16BrClN2O4/c1-2-11-28-20(27)12-3-9-15(10-4-12)24-18(25)16(22)17(19(24)26)23-14-7-5-13(21)6-8-14/h3-10,23H,2,11H2,1H3. The van der Waals surface area contributed by atoms with Crippen molar-refractivity contribution in [2.24, 2.45) is 0 Å². The summed E-state index contributed by atoms with van der Waals surface area (Å²) in [5, 5.41) is 2.70. The molecule has 0 aliphatic carbocycles. The van der Waals surface area contributed by atoms with Gasteiger partial charge in [-0.05, 0) is 55.0 Å². The van der Waals surface area contributed by atoms with Gasteiger partial charge in [0.15, 0.2) is 0 Å². The molecule has 28 heavy (non-hydrogen) atoms. The van der Waals surface area contributed by atoms with Crippen LogP contribution in [0, 0.1) is 0 Å². The van der Waals surface area contributed by atoms with Crippen molar-refractivity contribution in [3.05, 3.63) is 69.3 Å². The molecule has 0 aromatic heterocycles. The first-order valence-electron chi connectivity index (χ1n) is 8.50. The Labute approximate surface area is 175 Å². The van der Waals surface area contributed by atoms with Crippen LogP contribution in [0.1, 0.15) is 23.7 Å². The summed E-state index contributed by atoms with van der Waals surface area (Å²) in [5.74, 6) is -1.66. The van der Waals surface area contributed by atoms with E-state index in [1.54, 1.807) is 24.3 Å². The van der Waals surface area contributed by atoms with Crippen molar-refractivity contribution in [3.8, 4) is 0 Å². The van der Waals surface area contributed by atoms with Gasteiger partial charge < -0.3 is 10.1 Å². The van der Waals surface area contributed by atoms with Gasteiger partial charge in [0.2, 0.25) is 0 Å². The Balaban J connectivity index is 1.79. The van der Waals surface area contributed by atoms with E-state index in [1.165, 1.54) is 24.3 Å². The minimum atomic E-state index is -0.632. The first-order valence-corrected chi connectivity index (χ1v) is 9.67. The van der Waals surface area contributed by atoms with E-state index in [-0.39, 0.29) is 10.7 Å². The van der Waals surface area contributed by atoms with Gasteiger partial charge in [0.25, 0.3) is 11.8 Å². The number of amides is 2. The maximum Gasteiger partial charge on any atom is 0.338 e. The van der Waals surface area contributed by atoms with E-state index < -0.39 is 17.8 Å². The number of nitrogens with zero attached hydrogens (tertiary/aromatic N) is 1. The molecule has 2 aromatic rings. The third-order valence-electron chi connectivity index (χ3n) is 3.94. The second-order valence-corrected chi connectivity index (χ2v) is 7.24. The normalized spacial score (nSPS) is 13.9. The van der Waals surface area contributed by atoms with Gasteiger partial charge in [0.05, 0.1) is 17.9 Å². The molecule has 6 nitrogen and oxygen atoms in total. The zero-order valence-electron chi connectivity index (χ0n) is 14.9. The zero-order chi connectivity index (χ0) is 20.3. The van der Waals surface area contributed by atoms with Crippen LogP contribution in [-0.2, 0) is 14.3 Å². The molecule has 1 aliphatic heterocycles. The van der Waals surface area contributed by atoms with Crippen molar-refractivity contribution in [2.45, 2.75) is 13.3 Å². The van der Waals surface area contributed by atoms with Gasteiger partial charge in [0, 0.05) is 10.2 Å². The topological polar surface area (TPSA) is 75.7 Å². The van der Waals surface area contributed by atoms with E-state index in [4.69, 9.17) is 16.3 Å². The van der Waals surface area contributed by atoms with Crippen LogP contribution in [0.2, 0.25) is 0 Å². The third-order valence-corrected chi connectivity index (χ3v) is 4.82. The molecule has 3 rings (SSSR count). The van der Waals surface area contributed by atoms with Crippen LogP contribution >= 0.6 is 27.5 Å². The summed E-state index contributed by atoms with van der Waals surface area (Å²) in [6, 6.07) is 13.1. The lowest BCUT2D eigenvalue weighted by Crippen LogP contribution is -2.32. The highest BCUT2D eigenvalue weighted by atomic mass is 79.9. The third kappa shape index (κ3) is 4.10. The number of hydrogen-bond donors (Lipinski definition) is 1. The molecule has 0 spiro atoms. The molecule has 144 valence electrons. The van der Waals surface area contributed by atoms with E-state index >= 15 is 0 Å². The molecule has 2 aromatic carbocycles. The predicted molar refractivity (Wildman–Crippen MR) is 110 cm³/mol. The van der Waals surface area contributed by atoms with Crippen LogP contribution in [0.25, 0.3) is 0 Å². The molecule has 0 bridgehead atoms. The smallest absolute Gasteiger partial charge is 0.338 e. The number of hydrogen-bond acceptors (Lipinski definition) is 5. The summed E-state index contributed by atoms with van der Waals surface area (Å²) < 4.78 is 5.95. The van der Waals surface area contributed by atoms with Crippen LogP contribution in [0.4, 0.5) is 11.4 Å². The molecule has 0 saturated carbocycles. The van der Waals surface area contributed by atoms with Crippen molar-refractivity contribution < 1.29 is 19.1 Å². The quantitative estimate of drug-likeness (QED) is 0.506. The number of benzene rings is 2. The fourth-order valence-corrected chi connectivity index (χ4v) is 3.03. The number of carbonyl (C=O) groups is 3. The monoisotopic (exact) mass is 462 g/mol. The second kappa shape index (κ2) is 8.58. The maximum absolute atomic E-state index is 12.8. The van der Waals surface area contributed by atoms with Gasteiger partial charge >= 0.3 is 5.97 Å². The largest absolute Gasteiger partial charge is 0.462 e. The van der Waals surface area contributed by atoms with Gasteiger partial charge in [-0.15, -0.1) is 0 Å². The van der Waals surface area contributed by atoms with E-state index in [9.17, 15) is 14.4 Å². The van der Waals surface area contributed by atoms with Gasteiger partial charge in [-0.3, -0.25) is 9.59 Å². The number of imide groups is 1. The summed E-state index contributed by atoms with van der Waals surface area (Å²) in [7, 11) is 0. The number of carbonyl (C=O) groups excluding carboxylic acids is 3. The minimum Gasteiger partial charge on any atom is -0.462 e. The molecule has 1 N–H and O–H groups in total. The predicted octanol–water partition coefficient (Wildman–Crippen LogP) is 4.45. The average molecular weight is 464 g/mol. The highest BCUT2D eigenvalue weighted by molar-refractivity contribution is 9.10. The van der Waals surface area contributed by atoms with E-state index in [2.05, 4.69) is 21.2 Å². The molecule has 0 fully saturated rings. The number of nitrogens with one attached hydrogen (secondary N) is 1. The molecular formula is C20H16BrClN2O4. The summed E-state index contributed by atoms with van der Waals surface area (Å²) in [6.07, 6.45) is 0.721. The van der Waals surface area contributed by atoms with Gasteiger partial charge in [0.1, 0.15) is 10.7 Å². The molecule has 8 heteroatoms.